The lowest BCUT2D eigenvalue weighted by molar-refractivity contribution is -0.157. The summed E-state index contributed by atoms with van der Waals surface area (Å²) in [6, 6.07) is 11.4. The van der Waals surface area contributed by atoms with Crippen molar-refractivity contribution in [2.75, 3.05) is 23.7 Å². The van der Waals surface area contributed by atoms with E-state index < -0.39 is 39.9 Å². The molecule has 178 valence electrons. The first-order valence-corrected chi connectivity index (χ1v) is 11.7. The average molecular weight is 480 g/mol. The van der Waals surface area contributed by atoms with Gasteiger partial charge in [-0.15, -0.1) is 0 Å². The Labute approximate surface area is 192 Å². The molecule has 2 aromatic carbocycles. The van der Waals surface area contributed by atoms with Gasteiger partial charge in [-0.3, -0.25) is 9.10 Å². The van der Waals surface area contributed by atoms with Gasteiger partial charge in [-0.25, -0.2) is 23.0 Å². The molecule has 0 saturated heterocycles. The van der Waals surface area contributed by atoms with E-state index in [1.54, 1.807) is 45.0 Å². The van der Waals surface area contributed by atoms with Crippen LogP contribution in [0.25, 0.3) is 0 Å². The second kappa shape index (κ2) is 10.9. The molecule has 0 atom stereocenters. The molecule has 1 amide bonds. The molecule has 0 unspecified atom stereocenters. The summed E-state index contributed by atoms with van der Waals surface area (Å²) in [5, 5.41) is 3.80. The second-order valence-electron chi connectivity index (χ2n) is 7.99. The second-order valence-corrected chi connectivity index (χ2v) is 9.89. The number of sulfonamides is 1. The van der Waals surface area contributed by atoms with Crippen LogP contribution in [-0.4, -0.2) is 51.5 Å². The van der Waals surface area contributed by atoms with E-state index in [-0.39, 0.29) is 12.3 Å². The number of nitrogens with one attached hydrogen (secondary N) is 1. The number of esters is 1. The summed E-state index contributed by atoms with van der Waals surface area (Å²) in [4.78, 5) is 23.8. The van der Waals surface area contributed by atoms with Crippen molar-refractivity contribution in [1.82, 2.24) is 5.43 Å². The number of carbonyl (C=O) groups excluding carboxylic acids is 2. The number of hydrazone groups is 1. The Morgan fingerprint density at radius 1 is 1.15 bits per heavy atom. The summed E-state index contributed by atoms with van der Waals surface area (Å²) in [7, 11) is -3.83. The van der Waals surface area contributed by atoms with Crippen molar-refractivity contribution in [2.24, 2.45) is 5.10 Å². The van der Waals surface area contributed by atoms with E-state index >= 15 is 0 Å². The maximum absolute atomic E-state index is 13.4. The molecule has 0 aliphatic carbocycles. The van der Waals surface area contributed by atoms with Crippen molar-refractivity contribution in [3.8, 4) is 5.75 Å². The molecule has 0 heterocycles. The first-order valence-electron chi connectivity index (χ1n) is 9.83. The van der Waals surface area contributed by atoms with E-state index in [0.29, 0.717) is 11.3 Å². The maximum atomic E-state index is 13.4. The van der Waals surface area contributed by atoms with Gasteiger partial charge in [0.2, 0.25) is 10.0 Å². The molecule has 0 spiro atoms. The number of amides is 1. The molecular weight excluding hydrogens is 453 g/mol. The highest BCUT2D eigenvalue weighted by Crippen LogP contribution is 2.18. The molecular formula is C22H26FN3O6S. The quantitative estimate of drug-likeness (QED) is 0.336. The van der Waals surface area contributed by atoms with Crippen LogP contribution in [0.3, 0.4) is 0 Å². The molecule has 2 aromatic rings. The van der Waals surface area contributed by atoms with Gasteiger partial charge in [0.05, 0.1) is 18.2 Å². The van der Waals surface area contributed by atoms with E-state index in [1.165, 1.54) is 24.4 Å². The first kappa shape index (κ1) is 25.8. The van der Waals surface area contributed by atoms with Gasteiger partial charge in [-0.05, 0) is 68.8 Å². The SMILES string of the molecule is CC(C)(C)OC(=O)COc1ccc(/C=N\NC(=O)CN(c2cccc(F)c2)S(C)(=O)=O)cc1. The molecule has 0 bridgehead atoms. The summed E-state index contributed by atoms with van der Waals surface area (Å²) >= 11 is 0. The molecule has 2 rings (SSSR count). The zero-order valence-corrected chi connectivity index (χ0v) is 19.6. The molecule has 0 aliphatic heterocycles. The van der Waals surface area contributed by atoms with E-state index in [0.717, 1.165) is 16.6 Å². The lowest BCUT2D eigenvalue weighted by atomic mass is 10.2. The predicted molar refractivity (Wildman–Crippen MR) is 122 cm³/mol. The van der Waals surface area contributed by atoms with Gasteiger partial charge in [-0.2, -0.15) is 5.10 Å². The van der Waals surface area contributed by atoms with Crippen LogP contribution in [0.2, 0.25) is 0 Å². The monoisotopic (exact) mass is 479 g/mol. The third-order valence-corrected chi connectivity index (χ3v) is 4.98. The first-order chi connectivity index (χ1) is 15.3. The fourth-order valence-electron chi connectivity index (χ4n) is 2.54. The number of ether oxygens (including phenoxy) is 2. The molecule has 0 fully saturated rings. The van der Waals surface area contributed by atoms with Gasteiger partial charge >= 0.3 is 5.97 Å². The highest BCUT2D eigenvalue weighted by Gasteiger charge is 2.21. The van der Waals surface area contributed by atoms with Crippen LogP contribution in [0, 0.1) is 5.82 Å². The summed E-state index contributed by atoms with van der Waals surface area (Å²) < 4.78 is 48.8. The fraction of sp³-hybridized carbons (Fsp3) is 0.318. The van der Waals surface area contributed by atoms with Crippen molar-refractivity contribution in [1.29, 1.82) is 0 Å². The lowest BCUT2D eigenvalue weighted by Gasteiger charge is -2.21. The summed E-state index contributed by atoms with van der Waals surface area (Å²) in [5.41, 5.74) is 2.28. The average Bonchev–Trinajstić information content (AvgIpc) is 2.69. The molecule has 0 radical (unpaired) electrons. The zero-order chi connectivity index (χ0) is 24.6. The van der Waals surface area contributed by atoms with E-state index in [2.05, 4.69) is 10.5 Å². The molecule has 0 aromatic heterocycles. The summed E-state index contributed by atoms with van der Waals surface area (Å²) in [5.74, 6) is -1.38. The van der Waals surface area contributed by atoms with Crippen LogP contribution in [0.15, 0.2) is 53.6 Å². The molecule has 0 aliphatic rings. The summed E-state index contributed by atoms with van der Waals surface area (Å²) in [6.07, 6.45) is 2.27. The Morgan fingerprint density at radius 3 is 2.39 bits per heavy atom. The van der Waals surface area contributed by atoms with Crippen LogP contribution in [-0.2, 0) is 24.3 Å². The Bertz CT molecular complexity index is 1110. The Balaban J connectivity index is 1.91. The predicted octanol–water partition coefficient (Wildman–Crippen LogP) is 2.46. The zero-order valence-electron chi connectivity index (χ0n) is 18.7. The van der Waals surface area contributed by atoms with Gasteiger partial charge in [-0.1, -0.05) is 6.07 Å². The Kier molecular flexibility index (Phi) is 8.52. The number of carbonyl (C=O) groups is 2. The lowest BCUT2D eigenvalue weighted by Crippen LogP contribution is -2.39. The molecule has 9 nitrogen and oxygen atoms in total. The number of benzene rings is 2. The van der Waals surface area contributed by atoms with Crippen LogP contribution in [0.4, 0.5) is 10.1 Å². The van der Waals surface area contributed by atoms with Crippen LogP contribution in [0.1, 0.15) is 26.3 Å². The highest BCUT2D eigenvalue weighted by molar-refractivity contribution is 7.92. The molecule has 1 N–H and O–H groups in total. The standard InChI is InChI=1S/C22H26FN3O6S/c1-22(2,3)32-21(28)15-31-19-10-8-16(9-11-19)13-24-25-20(27)14-26(33(4,29)30)18-7-5-6-17(23)12-18/h5-13H,14-15H2,1-4H3,(H,25,27)/b24-13-. The highest BCUT2D eigenvalue weighted by atomic mass is 32.2. The molecule has 33 heavy (non-hydrogen) atoms. The van der Waals surface area contributed by atoms with Crippen LogP contribution >= 0.6 is 0 Å². The number of hydrogen-bond acceptors (Lipinski definition) is 7. The minimum Gasteiger partial charge on any atom is -0.482 e. The minimum atomic E-state index is -3.83. The minimum absolute atomic E-state index is 0.0265. The van der Waals surface area contributed by atoms with Crippen molar-refractivity contribution in [2.45, 2.75) is 26.4 Å². The maximum Gasteiger partial charge on any atom is 0.344 e. The van der Waals surface area contributed by atoms with Crippen LogP contribution in [0.5, 0.6) is 5.75 Å². The van der Waals surface area contributed by atoms with Crippen molar-refractivity contribution < 1.29 is 31.9 Å². The van der Waals surface area contributed by atoms with Gasteiger partial charge < -0.3 is 9.47 Å². The molecule has 0 saturated carbocycles. The fourth-order valence-corrected chi connectivity index (χ4v) is 3.39. The summed E-state index contributed by atoms with van der Waals surface area (Å²) in [6.45, 7) is 4.48. The Morgan fingerprint density at radius 2 is 1.82 bits per heavy atom. The van der Waals surface area contributed by atoms with Crippen molar-refractivity contribution >= 4 is 33.8 Å². The topological polar surface area (TPSA) is 114 Å². The normalized spacial score (nSPS) is 11.8. The van der Waals surface area contributed by atoms with Gasteiger partial charge in [0.1, 0.15) is 23.7 Å². The van der Waals surface area contributed by atoms with E-state index in [1.807, 2.05) is 0 Å². The third kappa shape index (κ3) is 9.27. The molecule has 11 heteroatoms. The number of hydrogen-bond donors (Lipinski definition) is 1. The smallest absolute Gasteiger partial charge is 0.344 e. The van der Waals surface area contributed by atoms with Crippen LogP contribution < -0.4 is 14.5 Å². The van der Waals surface area contributed by atoms with E-state index in [9.17, 15) is 22.4 Å². The number of halogens is 1. The number of nitrogens with zero attached hydrogens (tertiary/aromatic N) is 2. The van der Waals surface area contributed by atoms with Gasteiger partial charge in [0.15, 0.2) is 6.61 Å². The van der Waals surface area contributed by atoms with Gasteiger partial charge in [0, 0.05) is 0 Å². The van der Waals surface area contributed by atoms with E-state index in [4.69, 9.17) is 9.47 Å². The third-order valence-electron chi connectivity index (χ3n) is 3.84. The van der Waals surface area contributed by atoms with Crippen molar-refractivity contribution in [3.63, 3.8) is 0 Å². The number of rotatable bonds is 9. The van der Waals surface area contributed by atoms with Crippen molar-refractivity contribution in [3.05, 3.63) is 59.9 Å². The van der Waals surface area contributed by atoms with Gasteiger partial charge in [0.25, 0.3) is 5.91 Å². The largest absolute Gasteiger partial charge is 0.482 e. The number of anilines is 1. The Hall–Kier alpha value is -3.47.